The van der Waals surface area contributed by atoms with E-state index in [-0.39, 0.29) is 40.7 Å². The van der Waals surface area contributed by atoms with Crippen LogP contribution in [0.25, 0.3) is 0 Å². The highest BCUT2D eigenvalue weighted by Gasteiger charge is 2.21. The van der Waals surface area contributed by atoms with E-state index in [2.05, 4.69) is 0 Å². The van der Waals surface area contributed by atoms with E-state index in [1.807, 2.05) is 0 Å². The minimum atomic E-state index is -0.965. The smallest absolute Gasteiger partial charge is 0.303 e. The summed E-state index contributed by atoms with van der Waals surface area (Å²) in [5, 5.41) is 19.2. The van der Waals surface area contributed by atoms with E-state index < -0.39 is 16.8 Å². The lowest BCUT2D eigenvalue weighted by Crippen LogP contribution is -2.28. The molecule has 0 fully saturated rings. The SMILES string of the molecule is CN(CCCC(=O)O)C(=O)c1cc([N+](=O)[O-])cc(Cl)c1Cl. The number of amides is 1. The second-order valence-corrected chi connectivity index (χ2v) is 5.06. The summed E-state index contributed by atoms with van der Waals surface area (Å²) in [5.41, 5.74) is -0.430. The predicted molar refractivity (Wildman–Crippen MR) is 76.9 cm³/mol. The Balaban J connectivity index is 2.95. The molecule has 1 aromatic rings. The largest absolute Gasteiger partial charge is 0.481 e. The number of carbonyl (C=O) groups is 2. The molecule has 0 aliphatic rings. The van der Waals surface area contributed by atoms with E-state index in [0.717, 1.165) is 12.1 Å². The highest BCUT2D eigenvalue weighted by atomic mass is 35.5. The molecule has 1 aromatic carbocycles. The number of nitrogens with zero attached hydrogens (tertiary/aromatic N) is 2. The molecule has 1 N–H and O–H groups in total. The van der Waals surface area contributed by atoms with Crippen LogP contribution >= 0.6 is 23.2 Å². The maximum Gasteiger partial charge on any atom is 0.303 e. The molecule has 0 saturated heterocycles. The third-order valence-electron chi connectivity index (χ3n) is 2.69. The Morgan fingerprint density at radius 1 is 1.38 bits per heavy atom. The van der Waals surface area contributed by atoms with E-state index in [1.165, 1.54) is 11.9 Å². The van der Waals surface area contributed by atoms with Crippen molar-refractivity contribution in [3.05, 3.63) is 37.9 Å². The summed E-state index contributed by atoms with van der Waals surface area (Å²) in [4.78, 5) is 33.9. The first-order valence-corrected chi connectivity index (χ1v) is 6.60. The number of benzene rings is 1. The quantitative estimate of drug-likeness (QED) is 0.636. The molecule has 0 spiro atoms. The lowest BCUT2D eigenvalue weighted by molar-refractivity contribution is -0.384. The van der Waals surface area contributed by atoms with Crippen molar-refractivity contribution in [2.45, 2.75) is 12.8 Å². The monoisotopic (exact) mass is 334 g/mol. The van der Waals surface area contributed by atoms with Gasteiger partial charge in [0.25, 0.3) is 11.6 Å². The molecule has 0 atom stereocenters. The zero-order valence-electron chi connectivity index (χ0n) is 11.0. The molecule has 0 aliphatic carbocycles. The molecule has 7 nitrogen and oxygen atoms in total. The van der Waals surface area contributed by atoms with E-state index in [9.17, 15) is 19.7 Å². The van der Waals surface area contributed by atoms with Crippen LogP contribution in [0.2, 0.25) is 10.0 Å². The van der Waals surface area contributed by atoms with Crippen LogP contribution in [-0.2, 0) is 4.79 Å². The minimum Gasteiger partial charge on any atom is -0.481 e. The number of carbonyl (C=O) groups excluding carboxylic acids is 1. The maximum atomic E-state index is 12.2. The van der Waals surface area contributed by atoms with Crippen LogP contribution in [0, 0.1) is 10.1 Å². The third kappa shape index (κ3) is 4.57. The fourth-order valence-corrected chi connectivity index (χ4v) is 2.01. The third-order valence-corrected chi connectivity index (χ3v) is 3.49. The summed E-state index contributed by atoms with van der Waals surface area (Å²) in [7, 11) is 1.45. The zero-order valence-corrected chi connectivity index (χ0v) is 12.5. The lowest BCUT2D eigenvalue weighted by Gasteiger charge is -2.17. The first-order valence-electron chi connectivity index (χ1n) is 5.84. The average Bonchev–Trinajstić information content (AvgIpc) is 2.40. The maximum absolute atomic E-state index is 12.2. The van der Waals surface area contributed by atoms with E-state index in [0.29, 0.717) is 0 Å². The first-order chi connectivity index (χ1) is 9.73. The number of halogens is 2. The predicted octanol–water partition coefficient (Wildman–Crippen LogP) is 2.84. The molecule has 0 unspecified atom stereocenters. The summed E-state index contributed by atoms with van der Waals surface area (Å²) < 4.78 is 0. The van der Waals surface area contributed by atoms with Gasteiger partial charge in [-0.1, -0.05) is 23.2 Å². The molecule has 0 bridgehead atoms. The van der Waals surface area contributed by atoms with Crippen molar-refractivity contribution in [3.63, 3.8) is 0 Å². The Hall–Kier alpha value is -1.86. The number of non-ortho nitro benzene ring substituents is 1. The number of rotatable bonds is 6. The molecule has 0 aromatic heterocycles. The van der Waals surface area contributed by atoms with Gasteiger partial charge in [-0.15, -0.1) is 0 Å². The summed E-state index contributed by atoms with van der Waals surface area (Å²) in [6, 6.07) is 2.11. The number of carboxylic acids is 1. The van der Waals surface area contributed by atoms with Crippen molar-refractivity contribution in [1.82, 2.24) is 4.90 Å². The van der Waals surface area contributed by atoms with Crippen molar-refractivity contribution in [2.75, 3.05) is 13.6 Å². The fourth-order valence-electron chi connectivity index (χ4n) is 1.61. The van der Waals surface area contributed by atoms with Gasteiger partial charge in [0.2, 0.25) is 0 Å². The number of carboxylic acid groups (broad SMARTS) is 1. The molecular weight excluding hydrogens is 323 g/mol. The van der Waals surface area contributed by atoms with Crippen LogP contribution in [0.15, 0.2) is 12.1 Å². The van der Waals surface area contributed by atoms with E-state index >= 15 is 0 Å². The van der Waals surface area contributed by atoms with Crippen molar-refractivity contribution in [2.24, 2.45) is 0 Å². The Morgan fingerprint density at radius 2 is 2.00 bits per heavy atom. The van der Waals surface area contributed by atoms with Crippen LogP contribution in [-0.4, -0.2) is 40.4 Å². The van der Waals surface area contributed by atoms with Crippen LogP contribution in [0.1, 0.15) is 23.2 Å². The highest BCUT2D eigenvalue weighted by Crippen LogP contribution is 2.31. The van der Waals surface area contributed by atoms with E-state index in [1.54, 1.807) is 0 Å². The zero-order chi connectivity index (χ0) is 16.2. The molecule has 1 amide bonds. The molecular formula is C12H12Cl2N2O5. The van der Waals surface area contributed by atoms with Gasteiger partial charge in [0.05, 0.1) is 20.5 Å². The van der Waals surface area contributed by atoms with Crippen LogP contribution in [0.4, 0.5) is 5.69 Å². The number of aliphatic carboxylic acids is 1. The summed E-state index contributed by atoms with van der Waals surface area (Å²) in [6.07, 6.45) is 0.179. The fraction of sp³-hybridized carbons (Fsp3) is 0.333. The number of hydrogen-bond donors (Lipinski definition) is 1. The molecule has 0 radical (unpaired) electrons. The Morgan fingerprint density at radius 3 is 2.52 bits per heavy atom. The van der Waals surface area contributed by atoms with Gasteiger partial charge in [0, 0.05) is 32.1 Å². The van der Waals surface area contributed by atoms with E-state index in [4.69, 9.17) is 28.3 Å². The van der Waals surface area contributed by atoms with Gasteiger partial charge in [0.15, 0.2) is 0 Å². The molecule has 0 heterocycles. The molecule has 0 aliphatic heterocycles. The molecule has 21 heavy (non-hydrogen) atoms. The van der Waals surface area contributed by atoms with Crippen LogP contribution in [0.5, 0.6) is 0 Å². The van der Waals surface area contributed by atoms with Crippen molar-refractivity contribution in [1.29, 1.82) is 0 Å². The lowest BCUT2D eigenvalue weighted by atomic mass is 10.1. The first kappa shape index (κ1) is 17.2. The van der Waals surface area contributed by atoms with Gasteiger partial charge < -0.3 is 10.0 Å². The topological polar surface area (TPSA) is 101 Å². The minimum absolute atomic E-state index is 0.0719. The average molecular weight is 335 g/mol. The van der Waals surface area contributed by atoms with Crippen molar-refractivity contribution >= 4 is 40.8 Å². The van der Waals surface area contributed by atoms with Gasteiger partial charge in [-0.3, -0.25) is 19.7 Å². The number of nitro benzene ring substituents is 1. The Kier molecular flexibility index (Phi) is 5.92. The second-order valence-electron chi connectivity index (χ2n) is 4.27. The van der Waals surface area contributed by atoms with Gasteiger partial charge in [-0.05, 0) is 6.42 Å². The Bertz CT molecular complexity index is 591. The molecule has 0 saturated carbocycles. The van der Waals surface area contributed by atoms with Gasteiger partial charge in [-0.25, -0.2) is 0 Å². The van der Waals surface area contributed by atoms with Crippen molar-refractivity contribution in [3.8, 4) is 0 Å². The summed E-state index contributed by atoms with van der Waals surface area (Å²) in [6.45, 7) is 0.182. The normalized spacial score (nSPS) is 10.2. The molecule has 1 rings (SSSR count). The number of nitro groups is 1. The van der Waals surface area contributed by atoms with Crippen LogP contribution in [0.3, 0.4) is 0 Å². The molecule has 9 heteroatoms. The highest BCUT2D eigenvalue weighted by molar-refractivity contribution is 6.44. The van der Waals surface area contributed by atoms with Crippen LogP contribution < -0.4 is 0 Å². The van der Waals surface area contributed by atoms with Gasteiger partial charge in [-0.2, -0.15) is 0 Å². The number of hydrogen-bond acceptors (Lipinski definition) is 4. The van der Waals surface area contributed by atoms with Crippen molar-refractivity contribution < 1.29 is 19.6 Å². The standard InChI is InChI=1S/C12H12Cl2N2O5/c1-15(4-2-3-10(17)18)12(19)8-5-7(16(20)21)6-9(13)11(8)14/h5-6H,2-4H2,1H3,(H,17,18). The molecule has 114 valence electrons. The summed E-state index contributed by atoms with van der Waals surface area (Å²) >= 11 is 11.7. The van der Waals surface area contributed by atoms with Gasteiger partial charge in [0.1, 0.15) is 0 Å². The van der Waals surface area contributed by atoms with Gasteiger partial charge >= 0.3 is 5.97 Å². The Labute approximate surface area is 130 Å². The second kappa shape index (κ2) is 7.24. The summed E-state index contributed by atoms with van der Waals surface area (Å²) in [5.74, 6) is -1.52.